The van der Waals surface area contributed by atoms with Gasteiger partial charge >= 0.3 is 5.97 Å². The van der Waals surface area contributed by atoms with Crippen LogP contribution in [-0.2, 0) is 4.79 Å². The van der Waals surface area contributed by atoms with E-state index in [-0.39, 0.29) is 0 Å². The molecule has 0 saturated carbocycles. The Morgan fingerprint density at radius 3 is 2.35 bits per heavy atom. The maximum Gasteiger partial charge on any atom is 0.331 e. The number of aliphatic carboxylic acids is 1. The van der Waals surface area contributed by atoms with Crippen LogP contribution < -0.4 is 4.90 Å². The summed E-state index contributed by atoms with van der Waals surface area (Å²) in [5, 5.41) is 8.79. The van der Waals surface area contributed by atoms with Gasteiger partial charge in [-0.05, 0) is 43.5 Å². The Morgan fingerprint density at radius 1 is 1.24 bits per heavy atom. The molecule has 1 aliphatic heterocycles. The Labute approximate surface area is 101 Å². The van der Waals surface area contributed by atoms with Crippen LogP contribution in [0.1, 0.15) is 25.3 Å². The molecule has 0 amide bonds. The molecule has 2 rings (SSSR count). The molecule has 0 aliphatic carbocycles. The summed E-state index contributed by atoms with van der Waals surface area (Å²) >= 11 is 0. The molecular formula is C14H17NO2. The number of carboxylic acids is 1. The quantitative estimate of drug-likeness (QED) is 0.813. The molecule has 1 N–H and O–H groups in total. The van der Waals surface area contributed by atoms with Crippen molar-refractivity contribution >= 4 is 17.7 Å². The van der Waals surface area contributed by atoms with Crippen molar-refractivity contribution in [3.63, 3.8) is 0 Å². The van der Waals surface area contributed by atoms with Crippen molar-refractivity contribution in [1.29, 1.82) is 0 Å². The van der Waals surface area contributed by atoms with Crippen LogP contribution in [0, 0.1) is 0 Å². The summed E-state index contributed by atoms with van der Waals surface area (Å²) in [6, 6.07) is 8.07. The van der Waals surface area contributed by atoms with Crippen molar-refractivity contribution in [1.82, 2.24) is 0 Å². The number of hydrogen-bond acceptors (Lipinski definition) is 2. The predicted molar refractivity (Wildman–Crippen MR) is 69.2 cm³/mol. The molecule has 3 heteroatoms. The lowest BCUT2D eigenvalue weighted by Crippen LogP contribution is -2.17. The highest BCUT2D eigenvalue weighted by molar-refractivity contribution is 5.91. The number of nitrogens with zero attached hydrogens (tertiary/aromatic N) is 1. The van der Waals surface area contributed by atoms with Crippen LogP contribution in [0.3, 0.4) is 0 Å². The summed E-state index contributed by atoms with van der Waals surface area (Å²) in [4.78, 5) is 13.1. The van der Waals surface area contributed by atoms with Gasteiger partial charge in [-0.1, -0.05) is 12.1 Å². The monoisotopic (exact) mass is 231 g/mol. The zero-order valence-corrected chi connectivity index (χ0v) is 10.0. The van der Waals surface area contributed by atoms with E-state index in [1.54, 1.807) is 13.0 Å². The number of carbonyl (C=O) groups is 1. The summed E-state index contributed by atoms with van der Waals surface area (Å²) in [5.41, 5.74) is 2.53. The van der Waals surface area contributed by atoms with Crippen molar-refractivity contribution in [2.75, 3.05) is 18.0 Å². The summed E-state index contributed by atoms with van der Waals surface area (Å²) in [5.74, 6) is -0.867. The van der Waals surface area contributed by atoms with E-state index in [4.69, 9.17) is 5.11 Å². The Bertz CT molecular complexity index is 428. The molecule has 0 bridgehead atoms. The number of benzene rings is 1. The van der Waals surface area contributed by atoms with Gasteiger partial charge in [-0.2, -0.15) is 0 Å². The number of carboxylic acid groups (broad SMARTS) is 1. The fourth-order valence-electron chi connectivity index (χ4n) is 2.07. The largest absolute Gasteiger partial charge is 0.478 e. The molecule has 0 radical (unpaired) electrons. The lowest BCUT2D eigenvalue weighted by molar-refractivity contribution is -0.132. The predicted octanol–water partition coefficient (Wildman–Crippen LogP) is 2.77. The Balaban J connectivity index is 2.12. The number of hydrogen-bond donors (Lipinski definition) is 1. The normalized spacial score (nSPS) is 16.3. The van der Waals surface area contributed by atoms with Crippen molar-refractivity contribution in [3.05, 3.63) is 35.4 Å². The lowest BCUT2D eigenvalue weighted by atomic mass is 10.1. The van der Waals surface area contributed by atoms with Gasteiger partial charge in [-0.15, -0.1) is 0 Å². The first kappa shape index (κ1) is 11.7. The molecule has 0 atom stereocenters. The van der Waals surface area contributed by atoms with Crippen LogP contribution in [0.15, 0.2) is 29.8 Å². The van der Waals surface area contributed by atoms with Crippen LogP contribution in [0.5, 0.6) is 0 Å². The second kappa shape index (κ2) is 5.04. The molecular weight excluding hydrogens is 214 g/mol. The first-order valence-corrected chi connectivity index (χ1v) is 5.93. The molecule has 17 heavy (non-hydrogen) atoms. The maximum atomic E-state index is 10.7. The zero-order valence-electron chi connectivity index (χ0n) is 10.0. The van der Waals surface area contributed by atoms with Crippen molar-refractivity contribution in [2.45, 2.75) is 19.8 Å². The zero-order chi connectivity index (χ0) is 12.3. The average molecular weight is 231 g/mol. The van der Waals surface area contributed by atoms with E-state index in [1.165, 1.54) is 18.5 Å². The fraction of sp³-hybridized carbons (Fsp3) is 0.357. The highest BCUT2D eigenvalue weighted by Gasteiger charge is 2.11. The maximum absolute atomic E-state index is 10.7. The molecule has 1 saturated heterocycles. The van der Waals surface area contributed by atoms with E-state index in [9.17, 15) is 4.79 Å². The third-order valence-electron chi connectivity index (χ3n) is 3.08. The van der Waals surface area contributed by atoms with Crippen LogP contribution >= 0.6 is 0 Å². The van der Waals surface area contributed by atoms with Gasteiger partial charge in [-0.3, -0.25) is 0 Å². The molecule has 1 aromatic rings. The van der Waals surface area contributed by atoms with Crippen molar-refractivity contribution in [2.24, 2.45) is 0 Å². The van der Waals surface area contributed by atoms with Crippen molar-refractivity contribution in [3.8, 4) is 0 Å². The topological polar surface area (TPSA) is 40.5 Å². The van der Waals surface area contributed by atoms with Gasteiger partial charge in [0.1, 0.15) is 0 Å². The highest BCUT2D eigenvalue weighted by Crippen LogP contribution is 2.21. The van der Waals surface area contributed by atoms with Gasteiger partial charge in [0.25, 0.3) is 0 Å². The number of anilines is 1. The molecule has 1 heterocycles. The van der Waals surface area contributed by atoms with E-state index < -0.39 is 5.97 Å². The van der Waals surface area contributed by atoms with Crippen molar-refractivity contribution < 1.29 is 9.90 Å². The second-order valence-corrected chi connectivity index (χ2v) is 4.42. The third kappa shape index (κ3) is 2.87. The Kier molecular flexibility index (Phi) is 3.47. The minimum Gasteiger partial charge on any atom is -0.478 e. The number of rotatable bonds is 3. The molecule has 1 aromatic carbocycles. The average Bonchev–Trinajstić information content (AvgIpc) is 2.83. The molecule has 1 fully saturated rings. The van der Waals surface area contributed by atoms with E-state index >= 15 is 0 Å². The SMILES string of the molecule is C/C(=C\c1ccc(N2CCCC2)cc1)C(=O)O. The molecule has 0 aromatic heterocycles. The summed E-state index contributed by atoms with van der Waals surface area (Å²) in [6.45, 7) is 3.86. The molecule has 3 nitrogen and oxygen atoms in total. The van der Waals surface area contributed by atoms with Gasteiger partial charge in [0.15, 0.2) is 0 Å². The summed E-state index contributed by atoms with van der Waals surface area (Å²) in [7, 11) is 0. The first-order valence-electron chi connectivity index (χ1n) is 5.93. The van der Waals surface area contributed by atoms with E-state index in [1.807, 2.05) is 12.1 Å². The second-order valence-electron chi connectivity index (χ2n) is 4.42. The molecule has 1 aliphatic rings. The third-order valence-corrected chi connectivity index (χ3v) is 3.08. The minimum atomic E-state index is -0.867. The first-order chi connectivity index (χ1) is 8.16. The summed E-state index contributed by atoms with van der Waals surface area (Å²) < 4.78 is 0. The smallest absolute Gasteiger partial charge is 0.331 e. The fourth-order valence-corrected chi connectivity index (χ4v) is 2.07. The molecule has 0 unspecified atom stereocenters. The van der Waals surface area contributed by atoms with Gasteiger partial charge in [0, 0.05) is 24.4 Å². The Morgan fingerprint density at radius 2 is 1.82 bits per heavy atom. The van der Waals surface area contributed by atoms with Gasteiger partial charge < -0.3 is 10.0 Å². The minimum absolute atomic E-state index is 0.360. The van der Waals surface area contributed by atoms with Gasteiger partial charge in [0.2, 0.25) is 0 Å². The van der Waals surface area contributed by atoms with Crippen LogP contribution in [0.25, 0.3) is 6.08 Å². The summed E-state index contributed by atoms with van der Waals surface area (Å²) in [6.07, 6.45) is 4.22. The van der Waals surface area contributed by atoms with Crippen LogP contribution in [-0.4, -0.2) is 24.2 Å². The lowest BCUT2D eigenvalue weighted by Gasteiger charge is -2.17. The Hall–Kier alpha value is -1.77. The van der Waals surface area contributed by atoms with E-state index in [2.05, 4.69) is 17.0 Å². The van der Waals surface area contributed by atoms with E-state index in [0.717, 1.165) is 18.7 Å². The molecule has 0 spiro atoms. The molecule has 90 valence electrons. The van der Waals surface area contributed by atoms with Gasteiger partial charge in [-0.25, -0.2) is 4.79 Å². The highest BCUT2D eigenvalue weighted by atomic mass is 16.4. The van der Waals surface area contributed by atoms with Crippen LogP contribution in [0.4, 0.5) is 5.69 Å². The standard InChI is InChI=1S/C14H17NO2/c1-11(14(16)17)10-12-4-6-13(7-5-12)15-8-2-3-9-15/h4-7,10H,2-3,8-9H2,1H3,(H,16,17)/b11-10+. The van der Waals surface area contributed by atoms with Crippen LogP contribution in [0.2, 0.25) is 0 Å². The van der Waals surface area contributed by atoms with E-state index in [0.29, 0.717) is 5.57 Å². The van der Waals surface area contributed by atoms with Gasteiger partial charge in [0.05, 0.1) is 0 Å².